The van der Waals surface area contributed by atoms with Crippen molar-refractivity contribution in [3.63, 3.8) is 0 Å². The molecule has 1 atom stereocenters. The average Bonchev–Trinajstić information content (AvgIpc) is 3.44. The second-order valence-electron chi connectivity index (χ2n) is 7.50. The highest BCUT2D eigenvalue weighted by Gasteiger charge is 2.29. The first-order valence-corrected chi connectivity index (χ1v) is 10.0. The molecule has 1 fully saturated rings. The normalized spacial score (nSPS) is 18.1. The van der Waals surface area contributed by atoms with Crippen molar-refractivity contribution >= 4 is 16.7 Å². The molecular weight excluding hydrogens is 384 g/mol. The van der Waals surface area contributed by atoms with E-state index in [1.165, 1.54) is 4.68 Å². The van der Waals surface area contributed by atoms with Gasteiger partial charge in [0.15, 0.2) is 17.2 Å². The molecule has 0 radical (unpaired) electrons. The number of amides is 1. The Morgan fingerprint density at radius 3 is 2.80 bits per heavy atom. The number of hydrogen-bond donors (Lipinski definition) is 1. The standard InChI is InChI=1S/C22H22N4O4/c1-23-21(27)20-15-5-2-3-6-16(15)22(28)26(24-20)12-25-10-4-7-17(25)14-8-9-18-19(11-14)30-13-29-18/h2-3,5-6,8-9,11,17H,4,7,10,12-13H2,1H3,(H,23,27). The van der Waals surface area contributed by atoms with E-state index in [1.807, 2.05) is 18.2 Å². The molecule has 1 saturated heterocycles. The number of rotatable bonds is 4. The first-order valence-electron chi connectivity index (χ1n) is 10.0. The van der Waals surface area contributed by atoms with Crippen LogP contribution in [0, 0.1) is 0 Å². The van der Waals surface area contributed by atoms with Gasteiger partial charge in [-0.15, -0.1) is 0 Å². The third kappa shape index (κ3) is 3.09. The van der Waals surface area contributed by atoms with Crippen LogP contribution in [-0.4, -0.2) is 41.0 Å². The Kier molecular flexibility index (Phi) is 4.63. The van der Waals surface area contributed by atoms with E-state index in [2.05, 4.69) is 15.3 Å². The molecule has 8 nitrogen and oxygen atoms in total. The lowest BCUT2D eigenvalue weighted by Gasteiger charge is -2.25. The second kappa shape index (κ2) is 7.46. The first-order chi connectivity index (χ1) is 14.7. The molecule has 154 valence electrons. The van der Waals surface area contributed by atoms with Crippen LogP contribution in [0.15, 0.2) is 47.3 Å². The van der Waals surface area contributed by atoms with E-state index in [4.69, 9.17) is 9.47 Å². The highest BCUT2D eigenvalue weighted by Crippen LogP contribution is 2.39. The Morgan fingerprint density at radius 1 is 1.17 bits per heavy atom. The quantitative estimate of drug-likeness (QED) is 0.716. The predicted octanol–water partition coefficient (Wildman–Crippen LogP) is 2.28. The van der Waals surface area contributed by atoms with Crippen LogP contribution in [0.4, 0.5) is 0 Å². The molecule has 1 aromatic heterocycles. The first kappa shape index (κ1) is 18.6. The second-order valence-corrected chi connectivity index (χ2v) is 7.50. The molecule has 3 aromatic rings. The largest absolute Gasteiger partial charge is 0.454 e. The van der Waals surface area contributed by atoms with Crippen LogP contribution >= 0.6 is 0 Å². The number of carbonyl (C=O) groups is 1. The summed E-state index contributed by atoms with van der Waals surface area (Å²) in [6, 6.07) is 13.2. The number of fused-ring (bicyclic) bond motifs is 2. The number of nitrogens with one attached hydrogen (secondary N) is 1. The minimum atomic E-state index is -0.311. The summed E-state index contributed by atoms with van der Waals surface area (Å²) in [4.78, 5) is 27.7. The zero-order valence-corrected chi connectivity index (χ0v) is 16.6. The summed E-state index contributed by atoms with van der Waals surface area (Å²) >= 11 is 0. The topological polar surface area (TPSA) is 85.7 Å². The maximum Gasteiger partial charge on any atom is 0.275 e. The molecule has 0 saturated carbocycles. The smallest absolute Gasteiger partial charge is 0.275 e. The third-order valence-electron chi connectivity index (χ3n) is 5.77. The molecule has 8 heteroatoms. The molecule has 0 aliphatic carbocycles. The van der Waals surface area contributed by atoms with Crippen LogP contribution in [0.3, 0.4) is 0 Å². The third-order valence-corrected chi connectivity index (χ3v) is 5.77. The monoisotopic (exact) mass is 406 g/mol. The van der Waals surface area contributed by atoms with E-state index in [0.29, 0.717) is 17.4 Å². The van der Waals surface area contributed by atoms with Gasteiger partial charge in [-0.1, -0.05) is 24.3 Å². The number of nitrogens with zero attached hydrogens (tertiary/aromatic N) is 3. The molecular formula is C22H22N4O4. The van der Waals surface area contributed by atoms with Crippen LogP contribution in [-0.2, 0) is 6.67 Å². The minimum absolute atomic E-state index is 0.142. The van der Waals surface area contributed by atoms with Crippen molar-refractivity contribution < 1.29 is 14.3 Å². The summed E-state index contributed by atoms with van der Waals surface area (Å²) in [5, 5.41) is 8.10. The Morgan fingerprint density at radius 2 is 1.97 bits per heavy atom. The van der Waals surface area contributed by atoms with Crippen molar-refractivity contribution in [1.82, 2.24) is 20.0 Å². The SMILES string of the molecule is CNC(=O)c1nn(CN2CCCC2c2ccc3c(c2)OCO3)c(=O)c2ccccc12. The van der Waals surface area contributed by atoms with Crippen LogP contribution in [0.2, 0.25) is 0 Å². The Hall–Kier alpha value is -3.39. The number of carbonyl (C=O) groups excluding carboxylic acids is 1. The van der Waals surface area contributed by atoms with Crippen molar-refractivity contribution in [2.75, 3.05) is 20.4 Å². The number of hydrogen-bond acceptors (Lipinski definition) is 6. The number of aromatic nitrogens is 2. The maximum atomic E-state index is 13.1. The van der Waals surface area contributed by atoms with Crippen molar-refractivity contribution in [2.24, 2.45) is 0 Å². The van der Waals surface area contributed by atoms with Gasteiger partial charge in [0.1, 0.15) is 0 Å². The van der Waals surface area contributed by atoms with Gasteiger partial charge in [0.2, 0.25) is 6.79 Å². The Bertz CT molecular complexity index is 1190. The van der Waals surface area contributed by atoms with Crippen LogP contribution < -0.4 is 20.3 Å². The summed E-state index contributed by atoms with van der Waals surface area (Å²) < 4.78 is 12.3. The van der Waals surface area contributed by atoms with E-state index in [-0.39, 0.29) is 30.0 Å². The summed E-state index contributed by atoms with van der Waals surface area (Å²) in [6.45, 7) is 1.40. The fourth-order valence-electron chi connectivity index (χ4n) is 4.28. The fraction of sp³-hybridized carbons (Fsp3) is 0.318. The number of benzene rings is 2. The fourth-order valence-corrected chi connectivity index (χ4v) is 4.28. The van der Waals surface area contributed by atoms with E-state index < -0.39 is 0 Å². The summed E-state index contributed by atoms with van der Waals surface area (Å²) in [6.07, 6.45) is 1.99. The lowest BCUT2D eigenvalue weighted by atomic mass is 10.0. The van der Waals surface area contributed by atoms with Crippen molar-refractivity contribution in [2.45, 2.75) is 25.6 Å². The van der Waals surface area contributed by atoms with Gasteiger partial charge in [0.25, 0.3) is 11.5 Å². The average molecular weight is 406 g/mol. The van der Waals surface area contributed by atoms with Gasteiger partial charge >= 0.3 is 0 Å². The molecule has 5 rings (SSSR count). The lowest BCUT2D eigenvalue weighted by Crippen LogP contribution is -2.35. The molecule has 1 unspecified atom stereocenters. The van der Waals surface area contributed by atoms with E-state index in [1.54, 1.807) is 31.3 Å². The molecule has 1 N–H and O–H groups in total. The van der Waals surface area contributed by atoms with Crippen molar-refractivity contribution in [1.29, 1.82) is 0 Å². The number of ether oxygens (including phenoxy) is 2. The Balaban J connectivity index is 1.51. The molecule has 0 bridgehead atoms. The lowest BCUT2D eigenvalue weighted by molar-refractivity contribution is 0.0955. The molecule has 30 heavy (non-hydrogen) atoms. The zero-order chi connectivity index (χ0) is 20.7. The maximum absolute atomic E-state index is 13.1. The highest BCUT2D eigenvalue weighted by atomic mass is 16.7. The van der Waals surface area contributed by atoms with E-state index >= 15 is 0 Å². The molecule has 0 spiro atoms. The molecule has 3 heterocycles. The molecule has 2 aliphatic heterocycles. The molecule has 2 aliphatic rings. The van der Waals surface area contributed by atoms with Gasteiger partial charge in [0.05, 0.1) is 12.1 Å². The predicted molar refractivity (Wildman–Crippen MR) is 111 cm³/mol. The van der Waals surface area contributed by atoms with Gasteiger partial charge in [0, 0.05) is 25.0 Å². The summed E-state index contributed by atoms with van der Waals surface area (Å²) in [7, 11) is 1.56. The van der Waals surface area contributed by atoms with Gasteiger partial charge in [-0.25, -0.2) is 4.68 Å². The summed E-state index contributed by atoms with van der Waals surface area (Å²) in [5.41, 5.74) is 1.18. The van der Waals surface area contributed by atoms with Gasteiger partial charge in [-0.2, -0.15) is 5.10 Å². The van der Waals surface area contributed by atoms with Gasteiger partial charge in [-0.05, 0) is 36.6 Å². The van der Waals surface area contributed by atoms with E-state index in [9.17, 15) is 9.59 Å². The minimum Gasteiger partial charge on any atom is -0.454 e. The number of likely N-dealkylation sites (tertiary alicyclic amines) is 1. The van der Waals surface area contributed by atoms with Crippen LogP contribution in [0.5, 0.6) is 11.5 Å². The van der Waals surface area contributed by atoms with Crippen LogP contribution in [0.25, 0.3) is 10.8 Å². The van der Waals surface area contributed by atoms with Gasteiger partial charge in [-0.3, -0.25) is 14.5 Å². The summed E-state index contributed by atoms with van der Waals surface area (Å²) in [5.74, 6) is 1.20. The molecule has 2 aromatic carbocycles. The molecule has 1 amide bonds. The van der Waals surface area contributed by atoms with Crippen molar-refractivity contribution in [3.8, 4) is 11.5 Å². The van der Waals surface area contributed by atoms with E-state index in [0.717, 1.165) is 36.4 Å². The van der Waals surface area contributed by atoms with Crippen LogP contribution in [0.1, 0.15) is 34.9 Å². The van der Waals surface area contributed by atoms with Crippen molar-refractivity contribution in [3.05, 3.63) is 64.1 Å². The zero-order valence-electron chi connectivity index (χ0n) is 16.6. The van der Waals surface area contributed by atoms with Gasteiger partial charge < -0.3 is 14.8 Å². The Labute approximate surface area is 173 Å². The highest BCUT2D eigenvalue weighted by molar-refractivity contribution is 6.04.